The highest BCUT2D eigenvalue weighted by Crippen LogP contribution is 2.32. The Labute approximate surface area is 215 Å². The van der Waals surface area contributed by atoms with Crippen LogP contribution in [0.3, 0.4) is 0 Å². The van der Waals surface area contributed by atoms with E-state index in [0.29, 0.717) is 10.5 Å². The third-order valence-electron chi connectivity index (χ3n) is 5.52. The molecule has 36 heavy (non-hydrogen) atoms. The van der Waals surface area contributed by atoms with Crippen molar-refractivity contribution < 1.29 is 22.2 Å². The van der Waals surface area contributed by atoms with E-state index in [1.54, 1.807) is 88.4 Å². The van der Waals surface area contributed by atoms with Gasteiger partial charge in [-0.1, -0.05) is 60.5 Å². The molecule has 194 valence electrons. The summed E-state index contributed by atoms with van der Waals surface area (Å²) in [6.45, 7) is 5.97. The minimum absolute atomic E-state index is 0.0467. The number of nitrogens with zero attached hydrogens (tertiary/aromatic N) is 2. The Bertz CT molecular complexity index is 1320. The van der Waals surface area contributed by atoms with Gasteiger partial charge in [0.1, 0.15) is 6.04 Å². The second kappa shape index (κ2) is 12.3. The highest BCUT2D eigenvalue weighted by atomic mass is 32.2. The number of hydrogen-bond donors (Lipinski definition) is 0. The maximum atomic E-state index is 13.7. The lowest BCUT2D eigenvalue weighted by molar-refractivity contribution is -0.148. The van der Waals surface area contributed by atoms with E-state index in [9.17, 15) is 17.4 Å². The Balaban J connectivity index is 2.81. The molecule has 0 spiro atoms. The SMILES string of the molecule is C#CCN([C@H](C(=O)OCC)[C@@H](/C=C/[S@@](=O)(=NC)c1ccccc1)c1ccccc1)S(=O)(=O)C(C)(C)C. The zero-order valence-corrected chi connectivity index (χ0v) is 23.0. The predicted molar refractivity (Wildman–Crippen MR) is 144 cm³/mol. The Hall–Kier alpha value is -2.93. The summed E-state index contributed by atoms with van der Waals surface area (Å²) in [5, 5.41) is 1.43. The number of ether oxygens (including phenoxy) is 1. The topological polar surface area (TPSA) is 93.1 Å². The van der Waals surface area contributed by atoms with E-state index in [2.05, 4.69) is 10.3 Å². The van der Waals surface area contributed by atoms with E-state index in [-0.39, 0.29) is 13.2 Å². The molecule has 2 aromatic rings. The molecule has 7 nitrogen and oxygen atoms in total. The van der Waals surface area contributed by atoms with Gasteiger partial charge in [0.05, 0.1) is 32.5 Å². The van der Waals surface area contributed by atoms with Crippen LogP contribution in [0.1, 0.15) is 39.2 Å². The van der Waals surface area contributed by atoms with E-state index in [4.69, 9.17) is 11.2 Å². The first kappa shape index (κ1) is 29.3. The highest BCUT2D eigenvalue weighted by molar-refractivity contribution is 7.96. The zero-order valence-electron chi connectivity index (χ0n) is 21.3. The Morgan fingerprint density at radius 2 is 1.64 bits per heavy atom. The molecule has 2 rings (SSSR count). The van der Waals surface area contributed by atoms with Crippen molar-refractivity contribution in [3.05, 3.63) is 77.7 Å². The number of carbonyl (C=O) groups is 1. The quantitative estimate of drug-likeness (QED) is 0.335. The Kier molecular flexibility index (Phi) is 10.1. The summed E-state index contributed by atoms with van der Waals surface area (Å²) in [7, 11) is -5.61. The second-order valence-corrected chi connectivity index (χ2v) is 13.8. The summed E-state index contributed by atoms with van der Waals surface area (Å²) >= 11 is 0. The van der Waals surface area contributed by atoms with Crippen molar-refractivity contribution in [1.82, 2.24) is 4.31 Å². The van der Waals surface area contributed by atoms with Gasteiger partial charge in [-0.3, -0.25) is 4.79 Å². The van der Waals surface area contributed by atoms with Crippen LogP contribution in [0.15, 0.2) is 81.4 Å². The number of benzene rings is 2. The van der Waals surface area contributed by atoms with E-state index in [1.165, 1.54) is 12.5 Å². The van der Waals surface area contributed by atoms with E-state index in [0.717, 1.165) is 4.31 Å². The normalized spacial score (nSPS) is 15.6. The molecule has 0 aliphatic rings. The van der Waals surface area contributed by atoms with Crippen molar-refractivity contribution >= 4 is 25.7 Å². The smallest absolute Gasteiger partial charge is 0.325 e. The van der Waals surface area contributed by atoms with Crippen LogP contribution in [0.2, 0.25) is 0 Å². The maximum absolute atomic E-state index is 13.7. The molecule has 0 unspecified atom stereocenters. The highest BCUT2D eigenvalue weighted by Gasteiger charge is 2.45. The second-order valence-electron chi connectivity index (χ2n) is 8.89. The summed E-state index contributed by atoms with van der Waals surface area (Å²) < 4.78 is 50.2. The Morgan fingerprint density at radius 3 is 2.11 bits per heavy atom. The minimum Gasteiger partial charge on any atom is -0.465 e. The molecule has 0 heterocycles. The van der Waals surface area contributed by atoms with Gasteiger partial charge in [0.25, 0.3) is 0 Å². The number of carbonyl (C=O) groups excluding carboxylic acids is 1. The molecule has 0 fully saturated rings. The lowest BCUT2D eigenvalue weighted by atomic mass is 9.91. The molecule has 0 aromatic heterocycles. The molecule has 0 N–H and O–H groups in total. The average molecular weight is 531 g/mol. The van der Waals surface area contributed by atoms with Gasteiger partial charge in [-0.15, -0.1) is 6.42 Å². The lowest BCUT2D eigenvalue weighted by Crippen LogP contribution is -2.53. The van der Waals surface area contributed by atoms with Gasteiger partial charge in [0, 0.05) is 18.4 Å². The number of hydrogen-bond acceptors (Lipinski definition) is 6. The van der Waals surface area contributed by atoms with Crippen LogP contribution in [0.4, 0.5) is 0 Å². The molecule has 0 saturated heterocycles. The first-order valence-corrected chi connectivity index (χ1v) is 14.5. The summed E-state index contributed by atoms with van der Waals surface area (Å²) in [6.07, 6.45) is 7.14. The summed E-state index contributed by atoms with van der Waals surface area (Å²) in [6, 6.07) is 16.3. The van der Waals surface area contributed by atoms with Crippen molar-refractivity contribution in [2.45, 2.75) is 49.3 Å². The minimum atomic E-state index is -4.07. The predicted octanol–water partition coefficient (Wildman–Crippen LogP) is 4.44. The molecule has 2 aromatic carbocycles. The lowest BCUT2D eigenvalue weighted by Gasteiger charge is -2.36. The third-order valence-corrected chi connectivity index (χ3v) is 10.1. The van der Waals surface area contributed by atoms with E-state index in [1.807, 2.05) is 6.07 Å². The summed E-state index contributed by atoms with van der Waals surface area (Å²) in [4.78, 5) is 13.9. The van der Waals surface area contributed by atoms with Crippen LogP contribution < -0.4 is 0 Å². The van der Waals surface area contributed by atoms with Gasteiger partial charge in [0.2, 0.25) is 10.0 Å². The van der Waals surface area contributed by atoms with Crippen LogP contribution in [0.5, 0.6) is 0 Å². The molecule has 0 amide bonds. The van der Waals surface area contributed by atoms with Crippen molar-refractivity contribution in [3.63, 3.8) is 0 Å². The van der Waals surface area contributed by atoms with Crippen molar-refractivity contribution in [2.75, 3.05) is 20.2 Å². The number of sulfonamides is 1. The molecular weight excluding hydrogens is 496 g/mol. The van der Waals surface area contributed by atoms with E-state index < -0.39 is 42.4 Å². The molecule has 0 saturated carbocycles. The van der Waals surface area contributed by atoms with Gasteiger partial charge >= 0.3 is 5.97 Å². The van der Waals surface area contributed by atoms with Crippen molar-refractivity contribution in [2.24, 2.45) is 4.36 Å². The number of esters is 1. The summed E-state index contributed by atoms with van der Waals surface area (Å²) in [5.74, 6) is 0.769. The first-order chi connectivity index (χ1) is 16.9. The van der Waals surface area contributed by atoms with Crippen LogP contribution in [0.25, 0.3) is 0 Å². The molecule has 0 aliphatic carbocycles. The number of rotatable bonds is 10. The standard InChI is InChI=1S/C27H34N2O5S2/c1-7-20-29(36(32,33)27(3,4)5)25(26(30)34-8-2)24(22-15-11-9-12-16-22)19-21-35(31,28-6)23-17-13-10-14-18-23/h1,9-19,21,24-25H,8,20H2,2-6H3/b21-19+/t24-,25-,35-/m0/s1. The zero-order chi connectivity index (χ0) is 27.0. The van der Waals surface area contributed by atoms with Crippen LogP contribution >= 0.6 is 0 Å². The Morgan fingerprint density at radius 1 is 1.08 bits per heavy atom. The summed E-state index contributed by atoms with van der Waals surface area (Å²) in [5.41, 5.74) is 0.629. The van der Waals surface area contributed by atoms with Gasteiger partial charge < -0.3 is 4.74 Å². The molecule has 0 aliphatic heterocycles. The van der Waals surface area contributed by atoms with Crippen LogP contribution in [-0.2, 0) is 29.3 Å². The molecular formula is C27H34N2O5S2. The van der Waals surface area contributed by atoms with Crippen molar-refractivity contribution in [3.8, 4) is 12.3 Å². The van der Waals surface area contributed by atoms with E-state index >= 15 is 0 Å². The van der Waals surface area contributed by atoms with Crippen LogP contribution in [0, 0.1) is 12.3 Å². The molecule has 0 radical (unpaired) electrons. The van der Waals surface area contributed by atoms with Gasteiger partial charge in [-0.2, -0.15) is 4.31 Å². The molecule has 9 heteroatoms. The fourth-order valence-electron chi connectivity index (χ4n) is 3.57. The maximum Gasteiger partial charge on any atom is 0.325 e. The first-order valence-electron chi connectivity index (χ1n) is 11.5. The van der Waals surface area contributed by atoms with Gasteiger partial charge in [0.15, 0.2) is 0 Å². The monoisotopic (exact) mass is 530 g/mol. The van der Waals surface area contributed by atoms with Crippen LogP contribution in [-0.4, -0.2) is 53.9 Å². The fraction of sp³-hybridized carbons (Fsp3) is 0.370. The molecule has 3 atom stereocenters. The van der Waals surface area contributed by atoms with Gasteiger partial charge in [-0.25, -0.2) is 17.0 Å². The van der Waals surface area contributed by atoms with Gasteiger partial charge in [-0.05, 0) is 45.4 Å². The third kappa shape index (κ3) is 6.64. The largest absolute Gasteiger partial charge is 0.465 e. The van der Waals surface area contributed by atoms with Crippen molar-refractivity contribution in [1.29, 1.82) is 0 Å². The molecule has 0 bridgehead atoms. The number of terminal acetylenes is 1. The fourth-order valence-corrected chi connectivity index (χ4v) is 6.45. The average Bonchev–Trinajstić information content (AvgIpc) is 2.85.